The molecule has 3 rings (SSSR count). The van der Waals surface area contributed by atoms with Crippen molar-refractivity contribution in [3.8, 4) is 0 Å². The zero-order valence-electron chi connectivity index (χ0n) is 15.3. The van der Waals surface area contributed by atoms with E-state index in [2.05, 4.69) is 5.32 Å². The van der Waals surface area contributed by atoms with Gasteiger partial charge in [-0.05, 0) is 49.3 Å². The molecule has 0 unspecified atom stereocenters. The molecule has 1 aliphatic heterocycles. The quantitative estimate of drug-likeness (QED) is 0.716. The highest BCUT2D eigenvalue weighted by Gasteiger charge is 2.39. The second-order valence-corrected chi connectivity index (χ2v) is 8.18. The third-order valence-corrected chi connectivity index (χ3v) is 6.27. The van der Waals surface area contributed by atoms with Gasteiger partial charge in [0.1, 0.15) is 0 Å². The maximum Gasteiger partial charge on any atom is 0.404 e. The van der Waals surface area contributed by atoms with Crippen molar-refractivity contribution in [2.45, 2.75) is 31.6 Å². The maximum absolute atomic E-state index is 13.0. The number of carboxylic acid groups (broad SMARTS) is 1. The van der Waals surface area contributed by atoms with E-state index in [0.29, 0.717) is 30.6 Å². The molecule has 2 fully saturated rings. The SMILES string of the molecule is O=C(O)NC[C@H]1CN(C(=O)C2CCC(CO)CC2)C[C@H]1c1ccc(Cl)cc1. The highest BCUT2D eigenvalue weighted by atomic mass is 35.5. The van der Waals surface area contributed by atoms with Crippen molar-refractivity contribution in [3.63, 3.8) is 0 Å². The van der Waals surface area contributed by atoms with Crippen LogP contribution in [0.5, 0.6) is 0 Å². The largest absolute Gasteiger partial charge is 0.465 e. The van der Waals surface area contributed by atoms with Gasteiger partial charge in [0.25, 0.3) is 0 Å². The highest BCUT2D eigenvalue weighted by Crippen LogP contribution is 2.36. The van der Waals surface area contributed by atoms with Crippen molar-refractivity contribution >= 4 is 23.6 Å². The van der Waals surface area contributed by atoms with Crippen LogP contribution in [0.25, 0.3) is 0 Å². The molecule has 0 spiro atoms. The van der Waals surface area contributed by atoms with Gasteiger partial charge in [-0.3, -0.25) is 4.79 Å². The Labute approximate surface area is 164 Å². The van der Waals surface area contributed by atoms with E-state index in [1.54, 1.807) is 0 Å². The lowest BCUT2D eigenvalue weighted by Crippen LogP contribution is -2.37. The molecule has 2 amide bonds. The summed E-state index contributed by atoms with van der Waals surface area (Å²) in [6, 6.07) is 7.58. The fourth-order valence-electron chi connectivity index (χ4n) is 4.41. The van der Waals surface area contributed by atoms with Crippen LogP contribution in [0, 0.1) is 17.8 Å². The van der Waals surface area contributed by atoms with E-state index < -0.39 is 6.09 Å². The number of hydrogen-bond donors (Lipinski definition) is 3. The van der Waals surface area contributed by atoms with E-state index in [-0.39, 0.29) is 30.3 Å². The van der Waals surface area contributed by atoms with Crippen LogP contribution in [0.3, 0.4) is 0 Å². The first-order valence-corrected chi connectivity index (χ1v) is 9.97. The molecule has 3 N–H and O–H groups in total. The van der Waals surface area contributed by atoms with Crippen molar-refractivity contribution in [2.75, 3.05) is 26.2 Å². The molecule has 6 nitrogen and oxygen atoms in total. The monoisotopic (exact) mass is 394 g/mol. The minimum absolute atomic E-state index is 0.0184. The zero-order chi connectivity index (χ0) is 19.4. The van der Waals surface area contributed by atoms with Gasteiger partial charge in [0.05, 0.1) is 0 Å². The second-order valence-electron chi connectivity index (χ2n) is 7.75. The summed E-state index contributed by atoms with van der Waals surface area (Å²) in [5, 5.41) is 21.4. The van der Waals surface area contributed by atoms with Crippen LogP contribution in [-0.2, 0) is 4.79 Å². The Morgan fingerprint density at radius 3 is 2.37 bits per heavy atom. The summed E-state index contributed by atoms with van der Waals surface area (Å²) in [7, 11) is 0. The molecule has 148 valence electrons. The molecule has 1 saturated carbocycles. The Kier molecular flexibility index (Phi) is 6.60. The number of hydrogen-bond acceptors (Lipinski definition) is 3. The molecular weight excluding hydrogens is 368 g/mol. The molecule has 1 saturated heterocycles. The summed E-state index contributed by atoms with van der Waals surface area (Å²) >= 11 is 5.99. The smallest absolute Gasteiger partial charge is 0.404 e. The van der Waals surface area contributed by atoms with Gasteiger partial charge >= 0.3 is 6.09 Å². The fourth-order valence-corrected chi connectivity index (χ4v) is 4.54. The average Bonchev–Trinajstić information content (AvgIpc) is 3.10. The molecule has 1 aliphatic carbocycles. The standard InChI is InChI=1S/C20H27ClN2O4/c21-17-7-5-14(6-8-17)18-11-23(10-16(18)9-22-20(26)27)19(25)15-3-1-13(12-24)2-4-15/h5-8,13,15-16,18,22,24H,1-4,9-12H2,(H,26,27)/t13?,15?,16-,18-/m0/s1. The number of benzene rings is 1. The number of carbonyl (C=O) groups is 2. The molecule has 2 aliphatic rings. The van der Waals surface area contributed by atoms with Gasteiger partial charge in [0.15, 0.2) is 0 Å². The van der Waals surface area contributed by atoms with E-state index in [4.69, 9.17) is 16.7 Å². The number of halogens is 1. The lowest BCUT2D eigenvalue weighted by atomic mass is 9.82. The number of nitrogens with one attached hydrogen (secondary N) is 1. The van der Waals surface area contributed by atoms with Crippen LogP contribution in [0.15, 0.2) is 24.3 Å². The third kappa shape index (κ3) is 4.93. The summed E-state index contributed by atoms with van der Waals surface area (Å²) in [6.07, 6.45) is 2.39. The van der Waals surface area contributed by atoms with Crippen LogP contribution in [0.2, 0.25) is 5.02 Å². The van der Waals surface area contributed by atoms with Gasteiger partial charge in [0.2, 0.25) is 5.91 Å². The first-order chi connectivity index (χ1) is 13.0. The van der Waals surface area contributed by atoms with Gasteiger partial charge in [-0.15, -0.1) is 0 Å². The molecule has 27 heavy (non-hydrogen) atoms. The zero-order valence-corrected chi connectivity index (χ0v) is 16.1. The molecular formula is C20H27ClN2O4. The van der Waals surface area contributed by atoms with Crippen LogP contribution in [-0.4, -0.2) is 53.4 Å². The first-order valence-electron chi connectivity index (χ1n) is 9.59. The van der Waals surface area contributed by atoms with Crippen LogP contribution in [0.1, 0.15) is 37.2 Å². The topological polar surface area (TPSA) is 89.9 Å². The Balaban J connectivity index is 1.69. The van der Waals surface area contributed by atoms with E-state index in [1.165, 1.54) is 0 Å². The van der Waals surface area contributed by atoms with Crippen LogP contribution in [0.4, 0.5) is 4.79 Å². The molecule has 0 radical (unpaired) electrons. The Bertz CT molecular complexity index is 658. The number of carbonyl (C=O) groups excluding carboxylic acids is 1. The normalized spacial score (nSPS) is 28.1. The Morgan fingerprint density at radius 2 is 1.78 bits per heavy atom. The fraction of sp³-hybridized carbons (Fsp3) is 0.600. The third-order valence-electron chi connectivity index (χ3n) is 6.02. The number of amides is 2. The maximum atomic E-state index is 13.0. The van der Waals surface area contributed by atoms with Crippen molar-refractivity contribution in [2.24, 2.45) is 17.8 Å². The number of aliphatic hydroxyl groups is 1. The molecule has 1 aromatic rings. The molecule has 2 atom stereocenters. The van der Waals surface area contributed by atoms with Crippen molar-refractivity contribution in [1.82, 2.24) is 10.2 Å². The molecule has 0 aromatic heterocycles. The first kappa shape index (κ1) is 20.0. The van der Waals surface area contributed by atoms with Gasteiger partial charge in [-0.25, -0.2) is 4.79 Å². The van der Waals surface area contributed by atoms with Gasteiger partial charge in [-0.2, -0.15) is 0 Å². The van der Waals surface area contributed by atoms with Gasteiger partial charge in [0, 0.05) is 49.0 Å². The van der Waals surface area contributed by atoms with E-state index in [0.717, 1.165) is 31.2 Å². The van der Waals surface area contributed by atoms with Crippen molar-refractivity contribution in [3.05, 3.63) is 34.9 Å². The summed E-state index contributed by atoms with van der Waals surface area (Å²) in [5.74, 6) is 0.641. The molecule has 7 heteroatoms. The number of rotatable bonds is 5. The highest BCUT2D eigenvalue weighted by molar-refractivity contribution is 6.30. The van der Waals surface area contributed by atoms with Crippen LogP contribution < -0.4 is 5.32 Å². The summed E-state index contributed by atoms with van der Waals surface area (Å²) in [5.41, 5.74) is 1.08. The predicted molar refractivity (Wildman–Crippen MR) is 103 cm³/mol. The van der Waals surface area contributed by atoms with Crippen molar-refractivity contribution < 1.29 is 19.8 Å². The Morgan fingerprint density at radius 1 is 1.11 bits per heavy atom. The molecule has 1 aromatic carbocycles. The number of likely N-dealkylation sites (tertiary alicyclic amines) is 1. The van der Waals surface area contributed by atoms with E-state index in [9.17, 15) is 14.7 Å². The van der Waals surface area contributed by atoms with Crippen molar-refractivity contribution in [1.29, 1.82) is 0 Å². The predicted octanol–water partition coefficient (Wildman–Crippen LogP) is 2.95. The van der Waals surface area contributed by atoms with Gasteiger partial charge < -0.3 is 20.4 Å². The van der Waals surface area contributed by atoms with Gasteiger partial charge in [-0.1, -0.05) is 23.7 Å². The number of aliphatic hydroxyl groups excluding tert-OH is 1. The average molecular weight is 395 g/mol. The lowest BCUT2D eigenvalue weighted by Gasteiger charge is -2.29. The summed E-state index contributed by atoms with van der Waals surface area (Å²) in [6.45, 7) is 1.69. The lowest BCUT2D eigenvalue weighted by molar-refractivity contribution is -0.136. The summed E-state index contributed by atoms with van der Waals surface area (Å²) < 4.78 is 0. The Hall–Kier alpha value is -1.79. The minimum Gasteiger partial charge on any atom is -0.465 e. The minimum atomic E-state index is -1.04. The summed E-state index contributed by atoms with van der Waals surface area (Å²) in [4.78, 5) is 25.9. The van der Waals surface area contributed by atoms with E-state index in [1.807, 2.05) is 29.2 Å². The second kappa shape index (κ2) is 8.93. The van der Waals surface area contributed by atoms with Crippen LogP contribution >= 0.6 is 11.6 Å². The van der Waals surface area contributed by atoms with E-state index >= 15 is 0 Å². The molecule has 0 bridgehead atoms. The number of nitrogens with zero attached hydrogens (tertiary/aromatic N) is 1. The molecule has 1 heterocycles.